The van der Waals surface area contributed by atoms with E-state index in [1.165, 1.54) is 5.56 Å². The van der Waals surface area contributed by atoms with Crippen molar-refractivity contribution in [2.45, 2.75) is 17.8 Å². The van der Waals surface area contributed by atoms with Gasteiger partial charge in [0, 0.05) is 15.2 Å². The lowest BCUT2D eigenvalue weighted by Gasteiger charge is -2.01. The summed E-state index contributed by atoms with van der Waals surface area (Å²) in [6, 6.07) is 10.5. The molecule has 0 aliphatic carbocycles. The fraction of sp³-hybridized carbons (Fsp3) is 0.333. The first kappa shape index (κ1) is 8.82. The summed E-state index contributed by atoms with van der Waals surface area (Å²) in [5, 5.41) is 0.426. The van der Waals surface area contributed by atoms with Crippen molar-refractivity contribution in [2.75, 3.05) is 0 Å². The standard InChI is InChI=1S/C9H13ClSi/c10-9(11)7-6-8-4-2-1-3-5-8/h1-5,9H,6-7H2,11H3. The van der Waals surface area contributed by atoms with Crippen LogP contribution in [0.3, 0.4) is 0 Å². The van der Waals surface area contributed by atoms with Crippen molar-refractivity contribution >= 4 is 21.8 Å². The highest BCUT2D eigenvalue weighted by atomic mass is 35.5. The number of alkyl halides is 1. The van der Waals surface area contributed by atoms with Gasteiger partial charge in [0.2, 0.25) is 0 Å². The first-order valence-electron chi connectivity index (χ1n) is 3.97. The van der Waals surface area contributed by atoms with Gasteiger partial charge in [-0.05, 0) is 18.4 Å². The van der Waals surface area contributed by atoms with Gasteiger partial charge in [0.15, 0.2) is 0 Å². The van der Waals surface area contributed by atoms with E-state index in [0.29, 0.717) is 5.00 Å². The predicted octanol–water partition coefficient (Wildman–Crippen LogP) is 1.55. The molecule has 1 aromatic rings. The maximum Gasteiger partial charge on any atom is 0.0254 e. The van der Waals surface area contributed by atoms with Crippen molar-refractivity contribution in [3.8, 4) is 0 Å². The molecular formula is C9H13ClSi. The summed E-state index contributed by atoms with van der Waals surface area (Å²) < 4.78 is 0. The van der Waals surface area contributed by atoms with Crippen LogP contribution in [0.2, 0.25) is 0 Å². The molecule has 1 unspecified atom stereocenters. The number of benzene rings is 1. The number of rotatable bonds is 3. The van der Waals surface area contributed by atoms with Gasteiger partial charge in [0.05, 0.1) is 0 Å². The summed E-state index contributed by atoms with van der Waals surface area (Å²) in [5.41, 5.74) is 1.40. The Morgan fingerprint density at radius 3 is 2.45 bits per heavy atom. The van der Waals surface area contributed by atoms with E-state index in [9.17, 15) is 0 Å². The maximum atomic E-state index is 5.89. The van der Waals surface area contributed by atoms with Crippen molar-refractivity contribution in [3.05, 3.63) is 35.9 Å². The van der Waals surface area contributed by atoms with Gasteiger partial charge in [0.1, 0.15) is 0 Å². The monoisotopic (exact) mass is 184 g/mol. The van der Waals surface area contributed by atoms with Crippen molar-refractivity contribution in [3.63, 3.8) is 0 Å². The zero-order valence-electron chi connectivity index (χ0n) is 6.76. The molecule has 0 radical (unpaired) electrons. The van der Waals surface area contributed by atoms with E-state index in [2.05, 4.69) is 24.3 Å². The minimum absolute atomic E-state index is 0.426. The third-order valence-corrected chi connectivity index (χ3v) is 2.47. The van der Waals surface area contributed by atoms with Gasteiger partial charge in [-0.1, -0.05) is 30.3 Å². The van der Waals surface area contributed by atoms with Crippen LogP contribution < -0.4 is 0 Å². The Morgan fingerprint density at radius 2 is 1.91 bits per heavy atom. The Morgan fingerprint density at radius 1 is 1.27 bits per heavy atom. The first-order chi connectivity index (χ1) is 5.29. The van der Waals surface area contributed by atoms with Crippen molar-refractivity contribution in [1.82, 2.24) is 0 Å². The molecule has 1 atom stereocenters. The third-order valence-electron chi connectivity index (χ3n) is 1.67. The van der Waals surface area contributed by atoms with E-state index < -0.39 is 0 Å². The Labute approximate surface area is 76.0 Å². The van der Waals surface area contributed by atoms with E-state index >= 15 is 0 Å². The molecule has 0 spiro atoms. The maximum absolute atomic E-state index is 5.89. The molecule has 0 N–H and O–H groups in total. The molecule has 0 aliphatic heterocycles. The minimum Gasteiger partial charge on any atom is -0.128 e. The molecule has 0 fully saturated rings. The molecule has 0 saturated carbocycles. The highest BCUT2D eigenvalue weighted by Crippen LogP contribution is 2.06. The second kappa shape index (κ2) is 4.57. The highest BCUT2D eigenvalue weighted by molar-refractivity contribution is 6.40. The minimum atomic E-state index is 0.426. The second-order valence-corrected chi connectivity index (χ2v) is 5.68. The van der Waals surface area contributed by atoms with Crippen LogP contribution in [-0.2, 0) is 6.42 Å². The normalized spacial score (nSPS) is 13.2. The molecule has 0 heterocycles. The molecule has 0 bridgehead atoms. The molecule has 0 aromatic heterocycles. The lowest BCUT2D eigenvalue weighted by atomic mass is 10.1. The van der Waals surface area contributed by atoms with Gasteiger partial charge in [-0.15, -0.1) is 11.6 Å². The number of halogens is 1. The topological polar surface area (TPSA) is 0 Å². The second-order valence-electron chi connectivity index (χ2n) is 2.81. The lowest BCUT2D eigenvalue weighted by Crippen LogP contribution is -1.98. The van der Waals surface area contributed by atoms with Crippen LogP contribution in [0.4, 0.5) is 0 Å². The Kier molecular flexibility index (Phi) is 3.67. The summed E-state index contributed by atoms with van der Waals surface area (Å²) in [6.45, 7) is 0. The fourth-order valence-corrected chi connectivity index (χ4v) is 1.41. The van der Waals surface area contributed by atoms with Crippen molar-refractivity contribution in [1.29, 1.82) is 0 Å². The van der Waals surface area contributed by atoms with E-state index in [1.54, 1.807) is 0 Å². The molecule has 1 aromatic carbocycles. The Bertz CT molecular complexity index is 196. The third kappa shape index (κ3) is 3.59. The number of hydrogen-bond donors (Lipinski definition) is 0. The van der Waals surface area contributed by atoms with Crippen LogP contribution in [0.5, 0.6) is 0 Å². The largest absolute Gasteiger partial charge is 0.128 e. The zero-order chi connectivity index (χ0) is 8.10. The molecule has 0 aliphatic rings. The molecule has 1 rings (SSSR count). The van der Waals surface area contributed by atoms with Gasteiger partial charge in [0.25, 0.3) is 0 Å². The SMILES string of the molecule is [SiH3]C(Cl)CCc1ccccc1. The van der Waals surface area contributed by atoms with Crippen LogP contribution in [0, 0.1) is 0 Å². The van der Waals surface area contributed by atoms with Crippen molar-refractivity contribution < 1.29 is 0 Å². The molecule has 0 saturated heterocycles. The summed E-state index contributed by atoms with van der Waals surface area (Å²) in [6.07, 6.45) is 2.25. The lowest BCUT2D eigenvalue weighted by molar-refractivity contribution is 0.892. The molecule has 2 heteroatoms. The van der Waals surface area contributed by atoms with Crippen LogP contribution >= 0.6 is 11.6 Å². The Hall–Kier alpha value is -0.273. The molecule has 0 nitrogen and oxygen atoms in total. The van der Waals surface area contributed by atoms with E-state index in [0.717, 1.165) is 23.1 Å². The van der Waals surface area contributed by atoms with Gasteiger partial charge in [-0.3, -0.25) is 0 Å². The molecule has 60 valence electrons. The van der Waals surface area contributed by atoms with Gasteiger partial charge < -0.3 is 0 Å². The quantitative estimate of drug-likeness (QED) is 0.494. The molecule has 0 amide bonds. The number of aryl methyl sites for hydroxylation is 1. The zero-order valence-corrected chi connectivity index (χ0v) is 9.51. The summed E-state index contributed by atoms with van der Waals surface area (Å²) >= 11 is 5.89. The van der Waals surface area contributed by atoms with Gasteiger partial charge in [-0.25, -0.2) is 0 Å². The van der Waals surface area contributed by atoms with E-state index in [4.69, 9.17) is 11.6 Å². The van der Waals surface area contributed by atoms with Crippen molar-refractivity contribution in [2.24, 2.45) is 0 Å². The van der Waals surface area contributed by atoms with Gasteiger partial charge in [-0.2, -0.15) is 0 Å². The van der Waals surface area contributed by atoms with Crippen LogP contribution in [0.25, 0.3) is 0 Å². The summed E-state index contributed by atoms with van der Waals surface area (Å²) in [4.78, 5) is 0. The highest BCUT2D eigenvalue weighted by Gasteiger charge is 1.96. The summed E-state index contributed by atoms with van der Waals surface area (Å²) in [7, 11) is 1.10. The first-order valence-corrected chi connectivity index (χ1v) is 5.56. The smallest absolute Gasteiger partial charge is 0.0254 e. The summed E-state index contributed by atoms with van der Waals surface area (Å²) in [5.74, 6) is 0. The van der Waals surface area contributed by atoms with Crippen LogP contribution in [-0.4, -0.2) is 15.2 Å². The van der Waals surface area contributed by atoms with Crippen LogP contribution in [0.1, 0.15) is 12.0 Å². The predicted molar refractivity (Wildman–Crippen MR) is 54.3 cm³/mol. The average Bonchev–Trinajstić information content (AvgIpc) is 2.03. The Balaban J connectivity index is 2.39. The van der Waals surface area contributed by atoms with Crippen LogP contribution in [0.15, 0.2) is 30.3 Å². The van der Waals surface area contributed by atoms with E-state index in [1.807, 2.05) is 6.07 Å². The number of hydrogen-bond acceptors (Lipinski definition) is 0. The molecular weight excluding hydrogens is 172 g/mol. The van der Waals surface area contributed by atoms with E-state index in [-0.39, 0.29) is 0 Å². The fourth-order valence-electron chi connectivity index (χ4n) is 1.01. The molecule has 11 heavy (non-hydrogen) atoms. The average molecular weight is 185 g/mol. The van der Waals surface area contributed by atoms with Gasteiger partial charge >= 0.3 is 0 Å².